The molecular formula is C13H10N4O. The van der Waals surface area contributed by atoms with Gasteiger partial charge in [0.1, 0.15) is 23.9 Å². The van der Waals surface area contributed by atoms with E-state index in [1.807, 2.05) is 12.1 Å². The molecule has 1 aromatic carbocycles. The highest BCUT2D eigenvalue weighted by atomic mass is 16.1. The van der Waals surface area contributed by atoms with Crippen molar-refractivity contribution in [3.63, 3.8) is 0 Å². The zero-order valence-electron chi connectivity index (χ0n) is 9.71. The van der Waals surface area contributed by atoms with E-state index >= 15 is 0 Å². The molecule has 0 atom stereocenters. The summed E-state index contributed by atoms with van der Waals surface area (Å²) >= 11 is 0. The van der Waals surface area contributed by atoms with Gasteiger partial charge in [0.25, 0.3) is 0 Å². The Hall–Kier alpha value is -2.74. The first-order chi connectivity index (χ1) is 8.69. The first-order valence-electron chi connectivity index (χ1n) is 5.29. The largest absolute Gasteiger partial charge is 0.340 e. The number of hydrogen-bond donors (Lipinski definition) is 1. The summed E-state index contributed by atoms with van der Waals surface area (Å²) in [5, 5.41) is 11.8. The van der Waals surface area contributed by atoms with E-state index in [2.05, 4.69) is 15.3 Å². The maximum atomic E-state index is 11.3. The molecule has 0 unspecified atom stereocenters. The van der Waals surface area contributed by atoms with Gasteiger partial charge in [-0.25, -0.2) is 9.97 Å². The summed E-state index contributed by atoms with van der Waals surface area (Å²) in [5.41, 5.74) is 1.65. The Morgan fingerprint density at radius 2 is 2.17 bits per heavy atom. The number of anilines is 2. The van der Waals surface area contributed by atoms with Gasteiger partial charge in [0.2, 0.25) is 0 Å². The van der Waals surface area contributed by atoms with Crippen molar-refractivity contribution < 1.29 is 4.79 Å². The minimum Gasteiger partial charge on any atom is -0.340 e. The molecule has 0 aliphatic heterocycles. The van der Waals surface area contributed by atoms with Gasteiger partial charge < -0.3 is 5.32 Å². The molecule has 0 spiro atoms. The summed E-state index contributed by atoms with van der Waals surface area (Å²) in [6.07, 6.45) is 1.32. The molecule has 1 N–H and O–H groups in total. The molecule has 0 amide bonds. The number of ketones is 1. The standard InChI is InChI=1S/C13H10N4O/c1-9(18)10-3-2-4-11(5-10)17-13-6-12(7-14)15-8-16-13/h2-6,8H,1H3,(H,15,16,17). The van der Waals surface area contributed by atoms with Crippen molar-refractivity contribution in [3.05, 3.63) is 47.9 Å². The van der Waals surface area contributed by atoms with Crippen LogP contribution in [0.4, 0.5) is 11.5 Å². The summed E-state index contributed by atoms with van der Waals surface area (Å²) in [4.78, 5) is 19.0. The van der Waals surface area contributed by atoms with Crippen LogP contribution in [-0.2, 0) is 0 Å². The fourth-order valence-electron chi connectivity index (χ4n) is 1.45. The Balaban J connectivity index is 2.26. The van der Waals surface area contributed by atoms with Crippen molar-refractivity contribution in [3.8, 4) is 6.07 Å². The van der Waals surface area contributed by atoms with Crippen LogP contribution in [0, 0.1) is 11.3 Å². The second kappa shape index (κ2) is 5.06. The first-order valence-corrected chi connectivity index (χ1v) is 5.29. The zero-order chi connectivity index (χ0) is 13.0. The van der Waals surface area contributed by atoms with Crippen LogP contribution in [0.3, 0.4) is 0 Å². The van der Waals surface area contributed by atoms with Crippen molar-refractivity contribution in [2.45, 2.75) is 6.92 Å². The molecule has 2 aromatic rings. The molecule has 0 saturated carbocycles. The van der Waals surface area contributed by atoms with Gasteiger partial charge in [0, 0.05) is 17.3 Å². The van der Waals surface area contributed by atoms with E-state index in [9.17, 15) is 4.79 Å². The number of nitrogens with one attached hydrogen (secondary N) is 1. The highest BCUT2D eigenvalue weighted by Gasteiger charge is 2.02. The summed E-state index contributed by atoms with van der Waals surface area (Å²) in [6.45, 7) is 1.51. The average Bonchev–Trinajstić information content (AvgIpc) is 2.39. The number of nitrogens with zero attached hydrogens (tertiary/aromatic N) is 3. The van der Waals surface area contributed by atoms with Gasteiger partial charge in [-0.15, -0.1) is 0 Å². The van der Waals surface area contributed by atoms with Crippen LogP contribution in [-0.4, -0.2) is 15.8 Å². The smallest absolute Gasteiger partial charge is 0.159 e. The van der Waals surface area contributed by atoms with Crippen molar-refractivity contribution in [2.24, 2.45) is 0 Å². The summed E-state index contributed by atoms with van der Waals surface area (Å²) in [5.74, 6) is 0.515. The van der Waals surface area contributed by atoms with Crippen LogP contribution in [0.25, 0.3) is 0 Å². The molecule has 88 valence electrons. The molecule has 5 nitrogen and oxygen atoms in total. The molecule has 2 rings (SSSR count). The van der Waals surface area contributed by atoms with Gasteiger partial charge in [-0.2, -0.15) is 5.26 Å². The van der Waals surface area contributed by atoms with E-state index in [4.69, 9.17) is 5.26 Å². The number of carbonyl (C=O) groups is 1. The predicted octanol–water partition coefficient (Wildman–Crippen LogP) is 2.29. The number of benzene rings is 1. The lowest BCUT2D eigenvalue weighted by Gasteiger charge is -2.06. The van der Waals surface area contributed by atoms with Crippen LogP contribution in [0.5, 0.6) is 0 Å². The third-order valence-corrected chi connectivity index (χ3v) is 2.32. The molecule has 0 aliphatic carbocycles. The second-order valence-electron chi connectivity index (χ2n) is 3.66. The van der Waals surface area contributed by atoms with Gasteiger partial charge in [0.15, 0.2) is 5.78 Å². The zero-order valence-corrected chi connectivity index (χ0v) is 9.71. The summed E-state index contributed by atoms with van der Waals surface area (Å²) < 4.78 is 0. The number of Topliss-reactive ketones (excluding diaryl/α,β-unsaturated/α-hetero) is 1. The maximum Gasteiger partial charge on any atom is 0.159 e. The van der Waals surface area contributed by atoms with Gasteiger partial charge >= 0.3 is 0 Å². The Morgan fingerprint density at radius 3 is 2.89 bits per heavy atom. The minimum absolute atomic E-state index is 0.000878. The lowest BCUT2D eigenvalue weighted by molar-refractivity contribution is 0.101. The minimum atomic E-state index is -0.000878. The lowest BCUT2D eigenvalue weighted by Crippen LogP contribution is -1.98. The fourth-order valence-corrected chi connectivity index (χ4v) is 1.45. The predicted molar refractivity (Wildman–Crippen MR) is 66.5 cm³/mol. The van der Waals surface area contributed by atoms with Crippen LogP contribution >= 0.6 is 0 Å². The van der Waals surface area contributed by atoms with E-state index in [0.29, 0.717) is 11.4 Å². The van der Waals surface area contributed by atoms with Gasteiger partial charge in [-0.3, -0.25) is 4.79 Å². The molecule has 1 aromatic heterocycles. The monoisotopic (exact) mass is 238 g/mol. The Bertz CT molecular complexity index is 631. The first kappa shape index (κ1) is 11.7. The van der Waals surface area contributed by atoms with E-state index in [1.54, 1.807) is 24.3 Å². The third kappa shape index (κ3) is 2.68. The topological polar surface area (TPSA) is 78.7 Å². The molecule has 0 fully saturated rings. The number of rotatable bonds is 3. The highest BCUT2D eigenvalue weighted by Crippen LogP contribution is 2.16. The van der Waals surface area contributed by atoms with E-state index in [1.165, 1.54) is 13.3 Å². The quantitative estimate of drug-likeness (QED) is 0.830. The Labute approximate surface area is 104 Å². The Kier molecular flexibility index (Phi) is 3.30. The van der Waals surface area contributed by atoms with Gasteiger partial charge in [-0.05, 0) is 19.1 Å². The molecular weight excluding hydrogens is 228 g/mol. The molecule has 18 heavy (non-hydrogen) atoms. The molecule has 0 saturated heterocycles. The van der Waals surface area contributed by atoms with Gasteiger partial charge in [0.05, 0.1) is 0 Å². The van der Waals surface area contributed by atoms with Crippen molar-refractivity contribution >= 4 is 17.3 Å². The number of carbonyl (C=O) groups excluding carboxylic acids is 1. The molecule has 0 aliphatic rings. The van der Waals surface area contributed by atoms with Crippen LogP contribution in [0.2, 0.25) is 0 Å². The molecule has 1 heterocycles. The van der Waals surface area contributed by atoms with Crippen LogP contribution in [0.1, 0.15) is 23.0 Å². The van der Waals surface area contributed by atoms with Crippen LogP contribution < -0.4 is 5.32 Å². The SMILES string of the molecule is CC(=O)c1cccc(Nc2cc(C#N)ncn2)c1. The van der Waals surface area contributed by atoms with E-state index in [-0.39, 0.29) is 11.5 Å². The maximum absolute atomic E-state index is 11.3. The Morgan fingerprint density at radius 1 is 1.33 bits per heavy atom. The van der Waals surface area contributed by atoms with Crippen molar-refractivity contribution in [1.29, 1.82) is 5.26 Å². The molecule has 0 bridgehead atoms. The van der Waals surface area contributed by atoms with E-state index in [0.717, 1.165) is 5.69 Å². The number of hydrogen-bond acceptors (Lipinski definition) is 5. The molecule has 0 radical (unpaired) electrons. The van der Waals surface area contributed by atoms with Crippen LogP contribution in [0.15, 0.2) is 36.7 Å². The van der Waals surface area contributed by atoms with Crippen molar-refractivity contribution in [2.75, 3.05) is 5.32 Å². The summed E-state index contributed by atoms with van der Waals surface area (Å²) in [6, 6.07) is 10.6. The molecule has 5 heteroatoms. The highest BCUT2D eigenvalue weighted by molar-refractivity contribution is 5.95. The third-order valence-electron chi connectivity index (χ3n) is 2.32. The average molecular weight is 238 g/mol. The summed E-state index contributed by atoms with van der Waals surface area (Å²) in [7, 11) is 0. The van der Waals surface area contributed by atoms with Gasteiger partial charge in [-0.1, -0.05) is 12.1 Å². The van der Waals surface area contributed by atoms with E-state index < -0.39 is 0 Å². The number of nitriles is 1. The van der Waals surface area contributed by atoms with Crippen molar-refractivity contribution in [1.82, 2.24) is 9.97 Å². The normalized spacial score (nSPS) is 9.56. The number of aromatic nitrogens is 2. The lowest BCUT2D eigenvalue weighted by atomic mass is 10.1. The second-order valence-corrected chi connectivity index (χ2v) is 3.66. The fraction of sp³-hybridized carbons (Fsp3) is 0.0769.